The summed E-state index contributed by atoms with van der Waals surface area (Å²) in [5.41, 5.74) is 2.86. The third-order valence-electron chi connectivity index (χ3n) is 3.96. The first-order valence-corrected chi connectivity index (χ1v) is 7.78. The Kier molecular flexibility index (Phi) is 3.62. The second-order valence-electron chi connectivity index (χ2n) is 5.77. The highest BCUT2D eigenvalue weighted by atomic mass is 79.9. The fourth-order valence-electron chi connectivity index (χ4n) is 2.70. The topological polar surface area (TPSA) is 15.3 Å². The van der Waals surface area contributed by atoms with Gasteiger partial charge in [0.2, 0.25) is 0 Å². The molecule has 1 aromatic carbocycles. The number of rotatable bonds is 4. The summed E-state index contributed by atoms with van der Waals surface area (Å²) in [6.07, 6.45) is 4.03. The Morgan fingerprint density at radius 1 is 1.33 bits per heavy atom. The molecule has 98 valence electrons. The van der Waals surface area contributed by atoms with E-state index < -0.39 is 0 Å². The van der Waals surface area contributed by atoms with E-state index in [1.54, 1.807) is 0 Å². The van der Waals surface area contributed by atoms with Crippen LogP contribution in [0.15, 0.2) is 22.7 Å². The third kappa shape index (κ3) is 2.89. The van der Waals surface area contributed by atoms with Gasteiger partial charge in [-0.15, -0.1) is 0 Å². The van der Waals surface area contributed by atoms with Gasteiger partial charge in [-0.25, -0.2) is 0 Å². The molecule has 3 rings (SSSR count). The molecule has 1 N–H and O–H groups in total. The molecule has 1 aliphatic heterocycles. The van der Waals surface area contributed by atoms with Gasteiger partial charge in [-0.1, -0.05) is 22.9 Å². The fourth-order valence-corrected chi connectivity index (χ4v) is 3.11. The molecular weight excluding hydrogens is 288 g/mol. The first-order chi connectivity index (χ1) is 8.72. The smallest absolute Gasteiger partial charge is 0.0412 e. The Bertz CT molecular complexity index is 429. The van der Waals surface area contributed by atoms with Crippen LogP contribution in [0, 0.1) is 5.92 Å². The Morgan fingerprint density at radius 2 is 2.17 bits per heavy atom. The van der Waals surface area contributed by atoms with Crippen molar-refractivity contribution in [3.63, 3.8) is 0 Å². The monoisotopic (exact) mass is 308 g/mol. The zero-order chi connectivity index (χ0) is 12.5. The lowest BCUT2D eigenvalue weighted by Gasteiger charge is -2.22. The lowest BCUT2D eigenvalue weighted by molar-refractivity contribution is 0.658. The Hall–Kier alpha value is -0.540. The molecule has 2 nitrogen and oxygen atoms in total. The van der Waals surface area contributed by atoms with Crippen LogP contribution in [-0.4, -0.2) is 19.1 Å². The summed E-state index contributed by atoms with van der Waals surface area (Å²) in [5.74, 6) is 0.831. The minimum atomic E-state index is 0.773. The average Bonchev–Trinajstić information content (AvgIpc) is 3.08. The Balaban J connectivity index is 1.77. The first-order valence-electron chi connectivity index (χ1n) is 6.99. The molecule has 1 aromatic rings. The van der Waals surface area contributed by atoms with Gasteiger partial charge in [-0.2, -0.15) is 0 Å². The van der Waals surface area contributed by atoms with Crippen LogP contribution in [-0.2, 0) is 6.54 Å². The van der Waals surface area contributed by atoms with Gasteiger partial charge in [0.15, 0.2) is 0 Å². The highest BCUT2D eigenvalue weighted by Crippen LogP contribution is 2.30. The number of anilines is 1. The summed E-state index contributed by atoms with van der Waals surface area (Å²) in [6, 6.07) is 7.48. The van der Waals surface area contributed by atoms with Crippen molar-refractivity contribution in [2.24, 2.45) is 5.92 Å². The van der Waals surface area contributed by atoms with Crippen molar-refractivity contribution in [1.29, 1.82) is 0 Å². The molecule has 1 heterocycles. The fraction of sp³-hybridized carbons (Fsp3) is 0.600. The molecule has 0 bridgehead atoms. The molecule has 1 atom stereocenters. The summed E-state index contributed by atoms with van der Waals surface area (Å²) in [4.78, 5) is 2.54. The highest BCUT2D eigenvalue weighted by Gasteiger charge is 2.23. The molecule has 0 radical (unpaired) electrons. The van der Waals surface area contributed by atoms with E-state index in [-0.39, 0.29) is 0 Å². The lowest BCUT2D eigenvalue weighted by atomic mass is 10.1. The van der Waals surface area contributed by atoms with E-state index in [4.69, 9.17) is 0 Å². The van der Waals surface area contributed by atoms with E-state index >= 15 is 0 Å². The maximum atomic E-state index is 3.63. The van der Waals surface area contributed by atoms with Crippen molar-refractivity contribution in [1.82, 2.24) is 5.32 Å². The van der Waals surface area contributed by atoms with Crippen molar-refractivity contribution in [3.8, 4) is 0 Å². The maximum absolute atomic E-state index is 3.63. The van der Waals surface area contributed by atoms with Crippen LogP contribution < -0.4 is 10.2 Å². The molecule has 1 unspecified atom stereocenters. The first kappa shape index (κ1) is 12.5. The SMILES string of the molecule is CC1CCN(c2ccc(Br)cc2CNC2CC2)C1. The van der Waals surface area contributed by atoms with E-state index in [0.717, 1.165) is 18.5 Å². The minimum Gasteiger partial charge on any atom is -0.371 e. The van der Waals surface area contributed by atoms with Gasteiger partial charge in [0, 0.05) is 35.8 Å². The Morgan fingerprint density at radius 3 is 2.83 bits per heavy atom. The largest absolute Gasteiger partial charge is 0.371 e. The molecule has 0 spiro atoms. The predicted octanol–water partition coefficient (Wildman–Crippen LogP) is 3.55. The normalized spacial score (nSPS) is 23.7. The summed E-state index contributed by atoms with van der Waals surface area (Å²) in [7, 11) is 0. The minimum absolute atomic E-state index is 0.773. The summed E-state index contributed by atoms with van der Waals surface area (Å²) in [6.45, 7) is 5.77. The number of nitrogens with one attached hydrogen (secondary N) is 1. The molecule has 18 heavy (non-hydrogen) atoms. The van der Waals surface area contributed by atoms with Crippen molar-refractivity contribution in [3.05, 3.63) is 28.2 Å². The summed E-state index contributed by atoms with van der Waals surface area (Å²) < 4.78 is 1.19. The molecule has 0 aromatic heterocycles. The second-order valence-corrected chi connectivity index (χ2v) is 6.68. The number of halogens is 1. The van der Waals surface area contributed by atoms with Crippen molar-refractivity contribution >= 4 is 21.6 Å². The van der Waals surface area contributed by atoms with Crippen LogP contribution in [0.1, 0.15) is 31.7 Å². The molecule has 3 heteroatoms. The molecule has 2 aliphatic rings. The molecule has 1 saturated heterocycles. The van der Waals surface area contributed by atoms with Crippen molar-refractivity contribution in [2.75, 3.05) is 18.0 Å². The van der Waals surface area contributed by atoms with Crippen LogP contribution >= 0.6 is 15.9 Å². The summed E-state index contributed by atoms with van der Waals surface area (Å²) >= 11 is 3.59. The van der Waals surface area contributed by atoms with Gasteiger partial charge < -0.3 is 10.2 Å². The molecular formula is C15H21BrN2. The van der Waals surface area contributed by atoms with Crippen LogP contribution in [0.2, 0.25) is 0 Å². The van der Waals surface area contributed by atoms with E-state index in [9.17, 15) is 0 Å². The molecule has 0 amide bonds. The number of hydrogen-bond acceptors (Lipinski definition) is 2. The van der Waals surface area contributed by atoms with Gasteiger partial charge in [-0.3, -0.25) is 0 Å². The van der Waals surface area contributed by atoms with Gasteiger partial charge in [0.25, 0.3) is 0 Å². The van der Waals surface area contributed by atoms with Crippen LogP contribution in [0.3, 0.4) is 0 Å². The zero-order valence-electron chi connectivity index (χ0n) is 11.0. The Labute approximate surface area is 118 Å². The standard InChI is InChI=1S/C15H21BrN2/c1-11-6-7-18(10-11)15-5-2-13(16)8-12(15)9-17-14-3-4-14/h2,5,8,11,14,17H,3-4,6-7,9-10H2,1H3. The van der Waals surface area contributed by atoms with E-state index in [2.05, 4.69) is 51.3 Å². The average molecular weight is 309 g/mol. The van der Waals surface area contributed by atoms with Gasteiger partial charge >= 0.3 is 0 Å². The van der Waals surface area contributed by atoms with Gasteiger partial charge in [0.05, 0.1) is 0 Å². The van der Waals surface area contributed by atoms with E-state index in [1.165, 1.54) is 48.1 Å². The third-order valence-corrected chi connectivity index (χ3v) is 4.46. The van der Waals surface area contributed by atoms with E-state index in [1.807, 2.05) is 0 Å². The quantitative estimate of drug-likeness (QED) is 0.915. The van der Waals surface area contributed by atoms with Crippen molar-refractivity contribution < 1.29 is 0 Å². The molecule has 2 fully saturated rings. The maximum Gasteiger partial charge on any atom is 0.0412 e. The van der Waals surface area contributed by atoms with Gasteiger partial charge in [-0.05, 0) is 48.9 Å². The second kappa shape index (κ2) is 5.22. The predicted molar refractivity (Wildman–Crippen MR) is 80.0 cm³/mol. The molecule has 1 saturated carbocycles. The number of hydrogen-bond donors (Lipinski definition) is 1. The lowest BCUT2D eigenvalue weighted by Crippen LogP contribution is -2.23. The van der Waals surface area contributed by atoms with Crippen LogP contribution in [0.5, 0.6) is 0 Å². The number of nitrogens with zero attached hydrogens (tertiary/aromatic N) is 1. The number of benzene rings is 1. The summed E-state index contributed by atoms with van der Waals surface area (Å²) in [5, 5.41) is 3.63. The van der Waals surface area contributed by atoms with Crippen LogP contribution in [0.25, 0.3) is 0 Å². The van der Waals surface area contributed by atoms with Gasteiger partial charge in [0.1, 0.15) is 0 Å². The highest BCUT2D eigenvalue weighted by molar-refractivity contribution is 9.10. The zero-order valence-corrected chi connectivity index (χ0v) is 12.5. The molecule has 1 aliphatic carbocycles. The van der Waals surface area contributed by atoms with E-state index in [0.29, 0.717) is 0 Å². The van der Waals surface area contributed by atoms with Crippen LogP contribution in [0.4, 0.5) is 5.69 Å². The van der Waals surface area contributed by atoms with Crippen molar-refractivity contribution in [2.45, 2.75) is 38.8 Å².